The molecule has 0 saturated carbocycles. The molecule has 5 nitrogen and oxygen atoms in total. The standard InChI is InChI=1S/C23H32O5/c1-5-6-7-8-9-10-19-13-23(14-24,28-21(19)25)15-27-22(26)20-17(3)11-16(2)12-18(20)4/h10-12,24H,5-9,13-15H2,1-4H3/b19-10-. The number of aliphatic hydroxyl groups excluding tert-OH is 1. The van der Waals surface area contributed by atoms with E-state index < -0.39 is 17.5 Å². The van der Waals surface area contributed by atoms with E-state index in [4.69, 9.17) is 9.47 Å². The maximum atomic E-state index is 12.6. The first-order valence-electron chi connectivity index (χ1n) is 10.1. The van der Waals surface area contributed by atoms with E-state index in [9.17, 15) is 14.7 Å². The van der Waals surface area contributed by atoms with Crippen molar-refractivity contribution in [2.75, 3.05) is 13.2 Å². The number of esters is 2. The molecule has 1 atom stereocenters. The number of cyclic esters (lactones) is 1. The third-order valence-electron chi connectivity index (χ3n) is 5.17. The second-order valence-electron chi connectivity index (χ2n) is 7.84. The zero-order valence-electron chi connectivity index (χ0n) is 17.5. The lowest BCUT2D eigenvalue weighted by molar-refractivity contribution is -0.154. The lowest BCUT2D eigenvalue weighted by Crippen LogP contribution is -2.39. The van der Waals surface area contributed by atoms with Gasteiger partial charge >= 0.3 is 11.9 Å². The molecule has 154 valence electrons. The second kappa shape index (κ2) is 9.87. The highest BCUT2D eigenvalue weighted by atomic mass is 16.6. The molecule has 5 heteroatoms. The van der Waals surface area contributed by atoms with Crippen LogP contribution in [-0.2, 0) is 14.3 Å². The second-order valence-corrected chi connectivity index (χ2v) is 7.84. The maximum Gasteiger partial charge on any atom is 0.338 e. The first kappa shape index (κ1) is 22.2. The zero-order chi connectivity index (χ0) is 20.7. The van der Waals surface area contributed by atoms with Crippen molar-refractivity contribution in [3.05, 3.63) is 46.0 Å². The lowest BCUT2D eigenvalue weighted by Gasteiger charge is -2.24. The fourth-order valence-electron chi connectivity index (χ4n) is 3.71. The van der Waals surface area contributed by atoms with Gasteiger partial charge in [-0.3, -0.25) is 0 Å². The van der Waals surface area contributed by atoms with Crippen molar-refractivity contribution < 1.29 is 24.2 Å². The van der Waals surface area contributed by atoms with Gasteiger partial charge in [-0.25, -0.2) is 9.59 Å². The minimum absolute atomic E-state index is 0.159. The summed E-state index contributed by atoms with van der Waals surface area (Å²) in [5, 5.41) is 9.83. The van der Waals surface area contributed by atoms with Crippen molar-refractivity contribution in [1.29, 1.82) is 0 Å². The summed E-state index contributed by atoms with van der Waals surface area (Å²) in [7, 11) is 0. The van der Waals surface area contributed by atoms with Crippen LogP contribution in [-0.4, -0.2) is 35.9 Å². The fraction of sp³-hybridized carbons (Fsp3) is 0.565. The molecule has 1 aromatic rings. The lowest BCUT2D eigenvalue weighted by atomic mass is 9.97. The molecule has 0 bridgehead atoms. The first-order valence-corrected chi connectivity index (χ1v) is 10.1. The van der Waals surface area contributed by atoms with E-state index in [1.54, 1.807) is 0 Å². The molecule has 0 spiro atoms. The van der Waals surface area contributed by atoms with Crippen molar-refractivity contribution in [3.63, 3.8) is 0 Å². The maximum absolute atomic E-state index is 12.6. The Balaban J connectivity index is 2.01. The third kappa shape index (κ3) is 5.44. The molecule has 1 heterocycles. The number of benzene rings is 1. The molecule has 0 amide bonds. The normalized spacial score (nSPS) is 20.5. The Morgan fingerprint density at radius 2 is 1.89 bits per heavy atom. The van der Waals surface area contributed by atoms with Crippen LogP contribution in [0.3, 0.4) is 0 Å². The Bertz CT molecular complexity index is 726. The van der Waals surface area contributed by atoms with E-state index in [1.165, 1.54) is 6.42 Å². The number of aliphatic hydroxyl groups is 1. The van der Waals surface area contributed by atoms with Gasteiger partial charge in [0.15, 0.2) is 5.60 Å². The Morgan fingerprint density at radius 1 is 1.21 bits per heavy atom. The number of ether oxygens (including phenoxy) is 2. The van der Waals surface area contributed by atoms with Crippen LogP contribution in [0, 0.1) is 20.8 Å². The van der Waals surface area contributed by atoms with Gasteiger partial charge in [-0.15, -0.1) is 0 Å². The van der Waals surface area contributed by atoms with Crippen LogP contribution in [0.15, 0.2) is 23.8 Å². The van der Waals surface area contributed by atoms with E-state index in [2.05, 4.69) is 6.92 Å². The monoisotopic (exact) mass is 388 g/mol. The molecule has 28 heavy (non-hydrogen) atoms. The summed E-state index contributed by atoms with van der Waals surface area (Å²) in [5.74, 6) is -0.890. The van der Waals surface area contributed by atoms with E-state index >= 15 is 0 Å². The highest BCUT2D eigenvalue weighted by Crippen LogP contribution is 2.32. The molecule has 1 aliphatic heterocycles. The van der Waals surface area contributed by atoms with Crippen molar-refractivity contribution in [1.82, 2.24) is 0 Å². The number of hydrogen-bond donors (Lipinski definition) is 1. The van der Waals surface area contributed by atoms with E-state index in [-0.39, 0.29) is 19.6 Å². The van der Waals surface area contributed by atoms with Crippen LogP contribution >= 0.6 is 0 Å². The minimum atomic E-state index is -1.19. The van der Waals surface area contributed by atoms with Gasteiger partial charge in [-0.1, -0.05) is 50.0 Å². The van der Waals surface area contributed by atoms with Crippen LogP contribution in [0.4, 0.5) is 0 Å². The Morgan fingerprint density at radius 3 is 2.50 bits per heavy atom. The first-order chi connectivity index (χ1) is 13.3. The number of unbranched alkanes of at least 4 members (excludes halogenated alkanes) is 4. The highest BCUT2D eigenvalue weighted by Gasteiger charge is 2.44. The van der Waals surface area contributed by atoms with Gasteiger partial charge in [0.2, 0.25) is 0 Å². The van der Waals surface area contributed by atoms with Gasteiger partial charge in [0, 0.05) is 12.0 Å². The Kier molecular flexibility index (Phi) is 7.81. The van der Waals surface area contributed by atoms with Crippen LogP contribution < -0.4 is 0 Å². The third-order valence-corrected chi connectivity index (χ3v) is 5.17. The van der Waals surface area contributed by atoms with E-state index in [0.29, 0.717) is 11.1 Å². The van der Waals surface area contributed by atoms with Crippen molar-refractivity contribution in [2.24, 2.45) is 0 Å². The quantitative estimate of drug-likeness (QED) is 0.387. The molecular weight excluding hydrogens is 356 g/mol. The molecule has 0 aliphatic carbocycles. The van der Waals surface area contributed by atoms with Gasteiger partial charge in [0.1, 0.15) is 6.61 Å². The zero-order valence-corrected chi connectivity index (χ0v) is 17.5. The van der Waals surface area contributed by atoms with Crippen LogP contribution in [0.5, 0.6) is 0 Å². The average Bonchev–Trinajstić information content (AvgIpc) is 2.95. The van der Waals surface area contributed by atoms with Gasteiger partial charge in [0.25, 0.3) is 0 Å². The number of carbonyl (C=O) groups excluding carboxylic acids is 2. The largest absolute Gasteiger partial charge is 0.458 e. The Labute approximate surface area is 167 Å². The molecule has 0 radical (unpaired) electrons. The summed E-state index contributed by atoms with van der Waals surface area (Å²) in [5.41, 5.74) is 2.66. The molecule has 1 fully saturated rings. The molecular formula is C23H32O5. The summed E-state index contributed by atoms with van der Waals surface area (Å²) < 4.78 is 10.9. The number of aryl methyl sites for hydroxylation is 3. The summed E-state index contributed by atoms with van der Waals surface area (Å²) in [6, 6.07) is 3.86. The number of hydrogen-bond acceptors (Lipinski definition) is 5. The van der Waals surface area contributed by atoms with Crippen molar-refractivity contribution in [3.8, 4) is 0 Å². The fourth-order valence-corrected chi connectivity index (χ4v) is 3.71. The van der Waals surface area contributed by atoms with Gasteiger partial charge in [-0.2, -0.15) is 0 Å². The van der Waals surface area contributed by atoms with Gasteiger partial charge in [0.05, 0.1) is 12.2 Å². The molecule has 2 rings (SSSR count). The molecule has 1 aliphatic rings. The smallest absolute Gasteiger partial charge is 0.338 e. The number of carbonyl (C=O) groups is 2. The topological polar surface area (TPSA) is 72.8 Å². The molecule has 1 aromatic carbocycles. The van der Waals surface area contributed by atoms with E-state index in [1.807, 2.05) is 39.0 Å². The molecule has 0 aromatic heterocycles. The predicted octanol–water partition coefficient (Wildman–Crippen LogP) is 4.34. The van der Waals surface area contributed by atoms with Gasteiger partial charge in [-0.05, 0) is 44.7 Å². The van der Waals surface area contributed by atoms with Crippen molar-refractivity contribution >= 4 is 11.9 Å². The predicted molar refractivity (Wildman–Crippen MR) is 108 cm³/mol. The van der Waals surface area contributed by atoms with E-state index in [0.717, 1.165) is 42.4 Å². The molecule has 1 unspecified atom stereocenters. The molecule has 1 N–H and O–H groups in total. The summed E-state index contributed by atoms with van der Waals surface area (Å²) in [4.78, 5) is 24.8. The summed E-state index contributed by atoms with van der Waals surface area (Å²) in [6.07, 6.45) is 7.47. The number of rotatable bonds is 9. The highest BCUT2D eigenvalue weighted by molar-refractivity contribution is 5.93. The average molecular weight is 389 g/mol. The molecule has 1 saturated heterocycles. The van der Waals surface area contributed by atoms with Gasteiger partial charge < -0.3 is 14.6 Å². The minimum Gasteiger partial charge on any atom is -0.458 e. The SMILES string of the molecule is CCCCCC/C=C1/CC(CO)(COC(=O)c2c(C)cc(C)cc2C)OC1=O. The number of allylic oxidation sites excluding steroid dienone is 1. The summed E-state index contributed by atoms with van der Waals surface area (Å²) in [6.45, 7) is 7.33. The Hall–Kier alpha value is -2.14. The summed E-state index contributed by atoms with van der Waals surface area (Å²) >= 11 is 0. The van der Waals surface area contributed by atoms with Crippen LogP contribution in [0.1, 0.15) is 72.5 Å². The van der Waals surface area contributed by atoms with Crippen LogP contribution in [0.25, 0.3) is 0 Å². The van der Waals surface area contributed by atoms with Crippen molar-refractivity contribution in [2.45, 2.75) is 71.8 Å². The van der Waals surface area contributed by atoms with Crippen LogP contribution in [0.2, 0.25) is 0 Å².